The van der Waals surface area contributed by atoms with Crippen LogP contribution >= 0.6 is 11.6 Å². The van der Waals surface area contributed by atoms with E-state index >= 15 is 0 Å². The number of nitrogens with zero attached hydrogens (tertiary/aromatic N) is 2. The SMILES string of the molecule is Nc1cc(Cl)cc(-c2nc3ccc(F)cc3n2C2CC2)c1. The fourth-order valence-electron chi connectivity index (χ4n) is 2.71. The monoisotopic (exact) mass is 301 g/mol. The summed E-state index contributed by atoms with van der Waals surface area (Å²) in [6.45, 7) is 0. The molecule has 1 aliphatic rings. The lowest BCUT2D eigenvalue weighted by molar-refractivity contribution is 0.628. The van der Waals surface area contributed by atoms with Crippen LogP contribution in [0.15, 0.2) is 36.4 Å². The second-order valence-corrected chi connectivity index (χ2v) is 5.88. The molecule has 1 fully saturated rings. The highest BCUT2D eigenvalue weighted by molar-refractivity contribution is 6.31. The number of aromatic nitrogens is 2. The zero-order valence-corrected chi connectivity index (χ0v) is 11.9. The number of imidazole rings is 1. The maximum absolute atomic E-state index is 13.6. The number of hydrogen-bond donors (Lipinski definition) is 1. The largest absolute Gasteiger partial charge is 0.399 e. The van der Waals surface area contributed by atoms with E-state index in [2.05, 4.69) is 9.55 Å². The van der Waals surface area contributed by atoms with Crippen LogP contribution in [-0.2, 0) is 0 Å². The molecule has 2 aromatic carbocycles. The number of nitrogens with two attached hydrogens (primary N) is 1. The molecule has 0 aliphatic heterocycles. The fourth-order valence-corrected chi connectivity index (χ4v) is 2.96. The molecule has 0 atom stereocenters. The first-order chi connectivity index (χ1) is 10.1. The first kappa shape index (κ1) is 12.7. The van der Waals surface area contributed by atoms with E-state index in [1.165, 1.54) is 12.1 Å². The molecule has 0 unspecified atom stereocenters. The summed E-state index contributed by atoms with van der Waals surface area (Å²) >= 11 is 6.09. The highest BCUT2D eigenvalue weighted by Crippen LogP contribution is 2.41. The van der Waals surface area contributed by atoms with E-state index in [-0.39, 0.29) is 5.82 Å². The molecule has 106 valence electrons. The summed E-state index contributed by atoms with van der Waals surface area (Å²) < 4.78 is 15.7. The van der Waals surface area contributed by atoms with E-state index in [1.54, 1.807) is 12.1 Å². The van der Waals surface area contributed by atoms with Crippen molar-refractivity contribution in [3.63, 3.8) is 0 Å². The molecule has 3 aromatic rings. The lowest BCUT2D eigenvalue weighted by Crippen LogP contribution is -1.98. The van der Waals surface area contributed by atoms with Crippen LogP contribution < -0.4 is 5.73 Å². The molecular weight excluding hydrogens is 289 g/mol. The Bertz CT molecular complexity index is 832. The van der Waals surface area contributed by atoms with Gasteiger partial charge in [-0.25, -0.2) is 9.37 Å². The molecule has 5 heteroatoms. The Morgan fingerprint density at radius 1 is 1.19 bits per heavy atom. The molecule has 0 spiro atoms. The van der Waals surface area contributed by atoms with Gasteiger partial charge in [-0.3, -0.25) is 0 Å². The first-order valence-electron chi connectivity index (χ1n) is 6.86. The molecule has 1 aromatic heterocycles. The number of halogens is 2. The van der Waals surface area contributed by atoms with Crippen molar-refractivity contribution in [3.8, 4) is 11.4 Å². The van der Waals surface area contributed by atoms with Crippen LogP contribution in [-0.4, -0.2) is 9.55 Å². The fraction of sp³-hybridized carbons (Fsp3) is 0.188. The number of benzene rings is 2. The minimum Gasteiger partial charge on any atom is -0.399 e. The molecule has 1 aliphatic carbocycles. The standard InChI is InChI=1S/C16H13ClFN3/c17-10-5-9(6-12(19)7-10)16-20-14-4-1-11(18)8-15(14)21(16)13-2-3-13/h1,4-8,13H,2-3,19H2. The molecule has 0 bridgehead atoms. The van der Waals surface area contributed by atoms with E-state index in [4.69, 9.17) is 17.3 Å². The van der Waals surface area contributed by atoms with Crippen LogP contribution in [0.1, 0.15) is 18.9 Å². The zero-order chi connectivity index (χ0) is 14.6. The summed E-state index contributed by atoms with van der Waals surface area (Å²) in [7, 11) is 0. The second-order valence-electron chi connectivity index (χ2n) is 5.44. The summed E-state index contributed by atoms with van der Waals surface area (Å²) in [6, 6.07) is 10.5. The van der Waals surface area contributed by atoms with E-state index < -0.39 is 0 Å². The van der Waals surface area contributed by atoms with Crippen molar-refractivity contribution in [2.45, 2.75) is 18.9 Å². The Hall–Kier alpha value is -2.07. The molecule has 1 heterocycles. The Morgan fingerprint density at radius 2 is 2.00 bits per heavy atom. The molecule has 0 radical (unpaired) electrons. The molecule has 4 rings (SSSR count). The summed E-state index contributed by atoms with van der Waals surface area (Å²) in [5, 5.41) is 0.575. The van der Waals surface area contributed by atoms with Gasteiger partial charge in [0.2, 0.25) is 0 Å². The van der Waals surface area contributed by atoms with Crippen LogP contribution in [0.4, 0.5) is 10.1 Å². The van der Waals surface area contributed by atoms with Gasteiger partial charge >= 0.3 is 0 Å². The van der Waals surface area contributed by atoms with Gasteiger partial charge in [-0.05, 0) is 49.2 Å². The van der Waals surface area contributed by atoms with E-state index in [9.17, 15) is 4.39 Å². The van der Waals surface area contributed by atoms with Gasteiger partial charge in [0.05, 0.1) is 11.0 Å². The van der Waals surface area contributed by atoms with Crippen molar-refractivity contribution in [2.75, 3.05) is 5.73 Å². The minimum atomic E-state index is -0.249. The van der Waals surface area contributed by atoms with Crippen molar-refractivity contribution in [1.82, 2.24) is 9.55 Å². The van der Waals surface area contributed by atoms with Gasteiger partial charge in [-0.15, -0.1) is 0 Å². The lowest BCUT2D eigenvalue weighted by atomic mass is 10.2. The molecule has 1 saturated carbocycles. The predicted octanol–water partition coefficient (Wildman–Crippen LogP) is 4.41. The highest BCUT2D eigenvalue weighted by atomic mass is 35.5. The molecule has 0 amide bonds. The average Bonchev–Trinajstić information content (AvgIpc) is 3.18. The number of anilines is 1. The average molecular weight is 302 g/mol. The maximum Gasteiger partial charge on any atom is 0.141 e. The summed E-state index contributed by atoms with van der Waals surface area (Å²) in [5.74, 6) is 0.550. The summed E-state index contributed by atoms with van der Waals surface area (Å²) in [6.07, 6.45) is 2.18. The maximum atomic E-state index is 13.6. The molecule has 2 N–H and O–H groups in total. The van der Waals surface area contributed by atoms with Crippen LogP contribution in [0, 0.1) is 5.82 Å². The first-order valence-corrected chi connectivity index (χ1v) is 7.23. The van der Waals surface area contributed by atoms with Crippen LogP contribution in [0.5, 0.6) is 0 Å². The van der Waals surface area contributed by atoms with Crippen molar-refractivity contribution in [1.29, 1.82) is 0 Å². The number of nitrogen functional groups attached to an aromatic ring is 1. The van der Waals surface area contributed by atoms with Crippen molar-refractivity contribution in [3.05, 3.63) is 47.2 Å². The third-order valence-electron chi connectivity index (χ3n) is 3.74. The minimum absolute atomic E-state index is 0.249. The molecule has 0 saturated heterocycles. The van der Waals surface area contributed by atoms with Crippen molar-refractivity contribution >= 4 is 28.3 Å². The van der Waals surface area contributed by atoms with Gasteiger partial charge in [0.25, 0.3) is 0 Å². The van der Waals surface area contributed by atoms with Gasteiger partial charge in [0.1, 0.15) is 11.6 Å². The Balaban J connectivity index is 2.01. The smallest absolute Gasteiger partial charge is 0.141 e. The molecule has 21 heavy (non-hydrogen) atoms. The second kappa shape index (κ2) is 4.46. The van der Waals surface area contributed by atoms with Crippen LogP contribution in [0.2, 0.25) is 5.02 Å². The van der Waals surface area contributed by atoms with E-state index in [1.807, 2.05) is 12.1 Å². The van der Waals surface area contributed by atoms with Gasteiger partial charge in [-0.1, -0.05) is 11.6 Å². The third-order valence-corrected chi connectivity index (χ3v) is 3.96. The number of hydrogen-bond acceptors (Lipinski definition) is 2. The van der Waals surface area contributed by atoms with Gasteiger partial charge in [-0.2, -0.15) is 0 Å². The zero-order valence-electron chi connectivity index (χ0n) is 11.2. The molecule has 3 nitrogen and oxygen atoms in total. The summed E-state index contributed by atoms with van der Waals surface area (Å²) in [5.41, 5.74) is 8.95. The highest BCUT2D eigenvalue weighted by Gasteiger charge is 2.29. The van der Waals surface area contributed by atoms with E-state index in [0.717, 1.165) is 35.3 Å². The van der Waals surface area contributed by atoms with Crippen molar-refractivity contribution in [2.24, 2.45) is 0 Å². The topological polar surface area (TPSA) is 43.8 Å². The van der Waals surface area contributed by atoms with Gasteiger partial charge in [0, 0.05) is 22.3 Å². The Morgan fingerprint density at radius 3 is 2.71 bits per heavy atom. The van der Waals surface area contributed by atoms with Crippen molar-refractivity contribution < 1.29 is 4.39 Å². The van der Waals surface area contributed by atoms with Gasteiger partial charge < -0.3 is 10.3 Å². The normalized spacial score (nSPS) is 14.8. The Kier molecular flexibility index (Phi) is 2.69. The predicted molar refractivity (Wildman–Crippen MR) is 82.8 cm³/mol. The number of rotatable bonds is 2. The van der Waals surface area contributed by atoms with Crippen LogP contribution in [0.25, 0.3) is 22.4 Å². The summed E-state index contributed by atoms with van der Waals surface area (Å²) in [4.78, 5) is 4.65. The Labute approximate surface area is 126 Å². The number of fused-ring (bicyclic) bond motifs is 1. The van der Waals surface area contributed by atoms with Crippen LogP contribution in [0.3, 0.4) is 0 Å². The quantitative estimate of drug-likeness (QED) is 0.712. The third kappa shape index (κ3) is 2.16. The van der Waals surface area contributed by atoms with E-state index in [0.29, 0.717) is 16.8 Å². The van der Waals surface area contributed by atoms with Gasteiger partial charge in [0.15, 0.2) is 0 Å². The molecular formula is C16H13ClFN3. The lowest BCUT2D eigenvalue weighted by Gasteiger charge is -2.09.